The predicted molar refractivity (Wildman–Crippen MR) is 247 cm³/mol. The number of hydrogen-bond acceptors (Lipinski definition) is 6. The van der Waals surface area contributed by atoms with Crippen LogP contribution < -0.4 is 0 Å². The molecule has 6 heteroatoms. The minimum absolute atomic E-state index is 0.0652. The van der Waals surface area contributed by atoms with Gasteiger partial charge in [-0.25, -0.2) is 0 Å². The Balaban J connectivity index is 4.28. The van der Waals surface area contributed by atoms with Crippen LogP contribution in [-0.2, 0) is 28.6 Å². The summed E-state index contributed by atoms with van der Waals surface area (Å²) in [5, 5.41) is 0. The fourth-order valence-electron chi connectivity index (χ4n) is 7.76. The Morgan fingerprint density at radius 3 is 0.741 bits per heavy atom. The Bertz CT molecular complexity index is 898. The van der Waals surface area contributed by atoms with Crippen LogP contribution in [-0.4, -0.2) is 37.2 Å². The number of carbonyl (C=O) groups excluding carboxylic acids is 3. The summed E-state index contributed by atoms with van der Waals surface area (Å²) in [5.74, 6) is 1.59. The van der Waals surface area contributed by atoms with Crippen LogP contribution in [0.4, 0.5) is 0 Å². The topological polar surface area (TPSA) is 78.9 Å². The molecule has 0 aromatic heterocycles. The van der Waals surface area contributed by atoms with Crippen molar-refractivity contribution < 1.29 is 28.6 Å². The van der Waals surface area contributed by atoms with Crippen LogP contribution in [0.1, 0.15) is 279 Å². The highest BCUT2D eigenvalue weighted by atomic mass is 16.6. The molecule has 0 aromatic carbocycles. The SMILES string of the molecule is CC(C)CCCCCCCCCCCCCCCCC(=O)OC[C@@H](COC(=O)CCCCCCCCCCCC(C)C)OC(=O)CCCCCCCCCCC(C)C. The van der Waals surface area contributed by atoms with Gasteiger partial charge in [-0.2, -0.15) is 0 Å². The van der Waals surface area contributed by atoms with Gasteiger partial charge < -0.3 is 14.2 Å². The Labute approximate surface area is 361 Å². The van der Waals surface area contributed by atoms with E-state index in [1.54, 1.807) is 0 Å². The van der Waals surface area contributed by atoms with Crippen molar-refractivity contribution in [2.45, 2.75) is 285 Å². The van der Waals surface area contributed by atoms with E-state index in [4.69, 9.17) is 14.2 Å². The van der Waals surface area contributed by atoms with E-state index in [1.807, 2.05) is 0 Å². The zero-order chi connectivity index (χ0) is 42.7. The molecule has 0 rings (SSSR count). The molecule has 0 spiro atoms. The lowest BCUT2D eigenvalue weighted by molar-refractivity contribution is -0.167. The lowest BCUT2D eigenvalue weighted by Gasteiger charge is -2.18. The fraction of sp³-hybridized carbons (Fsp3) is 0.942. The number of hydrogen-bond donors (Lipinski definition) is 0. The van der Waals surface area contributed by atoms with Crippen LogP contribution in [0.3, 0.4) is 0 Å². The monoisotopic (exact) mass is 821 g/mol. The predicted octanol–water partition coefficient (Wildman–Crippen LogP) is 16.4. The summed E-state index contributed by atoms with van der Waals surface area (Å²) >= 11 is 0. The lowest BCUT2D eigenvalue weighted by Crippen LogP contribution is -2.30. The van der Waals surface area contributed by atoms with Crippen molar-refractivity contribution in [3.8, 4) is 0 Å². The van der Waals surface area contributed by atoms with Gasteiger partial charge in [0.15, 0.2) is 6.10 Å². The summed E-state index contributed by atoms with van der Waals surface area (Å²) in [6, 6.07) is 0. The third-order valence-corrected chi connectivity index (χ3v) is 11.6. The Hall–Kier alpha value is -1.59. The molecule has 1 atom stereocenters. The zero-order valence-corrected chi connectivity index (χ0v) is 39.8. The van der Waals surface area contributed by atoms with Gasteiger partial charge in [-0.1, -0.05) is 241 Å². The molecule has 0 saturated heterocycles. The fourth-order valence-corrected chi connectivity index (χ4v) is 7.76. The second-order valence-corrected chi connectivity index (χ2v) is 19.2. The van der Waals surface area contributed by atoms with Gasteiger partial charge in [0.05, 0.1) is 0 Å². The molecule has 0 saturated carbocycles. The minimum Gasteiger partial charge on any atom is -0.462 e. The van der Waals surface area contributed by atoms with E-state index in [1.165, 1.54) is 161 Å². The Morgan fingerprint density at radius 1 is 0.293 bits per heavy atom. The summed E-state index contributed by atoms with van der Waals surface area (Å²) in [4.78, 5) is 37.9. The Morgan fingerprint density at radius 2 is 0.500 bits per heavy atom. The highest BCUT2D eigenvalue weighted by molar-refractivity contribution is 5.71. The molecule has 0 heterocycles. The molecule has 0 radical (unpaired) electrons. The largest absolute Gasteiger partial charge is 0.462 e. The van der Waals surface area contributed by atoms with E-state index >= 15 is 0 Å². The van der Waals surface area contributed by atoms with Crippen molar-refractivity contribution in [1.82, 2.24) is 0 Å². The number of esters is 3. The first-order chi connectivity index (χ1) is 28.1. The molecular weight excluding hydrogens is 721 g/mol. The van der Waals surface area contributed by atoms with Gasteiger partial charge in [-0.15, -0.1) is 0 Å². The number of ether oxygens (including phenoxy) is 3. The number of carbonyl (C=O) groups is 3. The van der Waals surface area contributed by atoms with Crippen molar-refractivity contribution in [3.63, 3.8) is 0 Å². The molecule has 58 heavy (non-hydrogen) atoms. The van der Waals surface area contributed by atoms with E-state index in [-0.39, 0.29) is 31.1 Å². The van der Waals surface area contributed by atoms with Gasteiger partial charge in [0.2, 0.25) is 0 Å². The maximum absolute atomic E-state index is 12.7. The third kappa shape index (κ3) is 45.5. The zero-order valence-electron chi connectivity index (χ0n) is 39.8. The molecule has 0 aliphatic rings. The maximum atomic E-state index is 12.7. The van der Waals surface area contributed by atoms with E-state index in [0.717, 1.165) is 75.5 Å². The van der Waals surface area contributed by atoms with Crippen molar-refractivity contribution in [2.24, 2.45) is 17.8 Å². The molecule has 0 fully saturated rings. The normalized spacial score (nSPS) is 12.2. The van der Waals surface area contributed by atoms with Gasteiger partial charge in [0.25, 0.3) is 0 Å². The number of rotatable bonds is 45. The van der Waals surface area contributed by atoms with E-state index in [0.29, 0.717) is 19.3 Å². The van der Waals surface area contributed by atoms with Gasteiger partial charge in [0.1, 0.15) is 13.2 Å². The molecule has 344 valence electrons. The summed E-state index contributed by atoms with van der Waals surface area (Å²) < 4.78 is 16.8. The van der Waals surface area contributed by atoms with Crippen LogP contribution in [0.5, 0.6) is 0 Å². The lowest BCUT2D eigenvalue weighted by atomic mass is 10.0. The van der Waals surface area contributed by atoms with Gasteiger partial charge in [-0.05, 0) is 37.0 Å². The summed E-state index contributed by atoms with van der Waals surface area (Å²) in [6.45, 7) is 13.7. The van der Waals surface area contributed by atoms with Crippen LogP contribution in [0, 0.1) is 17.8 Å². The van der Waals surface area contributed by atoms with E-state index in [2.05, 4.69) is 41.5 Å². The molecule has 0 unspecified atom stereocenters. The van der Waals surface area contributed by atoms with E-state index < -0.39 is 6.10 Å². The van der Waals surface area contributed by atoms with Crippen molar-refractivity contribution in [3.05, 3.63) is 0 Å². The average molecular weight is 821 g/mol. The molecule has 0 aliphatic carbocycles. The van der Waals surface area contributed by atoms with Crippen molar-refractivity contribution in [1.29, 1.82) is 0 Å². The van der Waals surface area contributed by atoms with Crippen LogP contribution in [0.15, 0.2) is 0 Å². The second kappa shape index (κ2) is 43.5. The molecule has 0 aliphatic heterocycles. The third-order valence-electron chi connectivity index (χ3n) is 11.6. The smallest absolute Gasteiger partial charge is 0.306 e. The first-order valence-corrected chi connectivity index (χ1v) is 25.6. The average Bonchev–Trinajstić information content (AvgIpc) is 3.18. The maximum Gasteiger partial charge on any atom is 0.306 e. The van der Waals surface area contributed by atoms with Gasteiger partial charge in [0, 0.05) is 19.3 Å². The Kier molecular flexibility index (Phi) is 42.3. The summed E-state index contributed by atoms with van der Waals surface area (Å²) in [5.41, 5.74) is 0. The molecule has 0 bridgehead atoms. The second-order valence-electron chi connectivity index (χ2n) is 19.2. The molecule has 0 N–H and O–H groups in total. The standard InChI is InChI=1S/C52H100O6/c1-46(2)38-32-26-20-14-11-9-7-8-10-12-16-23-29-35-41-50(53)56-44-49(58-52(55)43-37-31-25-19-18-22-28-34-40-48(5)6)45-57-51(54)42-36-30-24-17-13-15-21-27-33-39-47(3)4/h46-49H,7-45H2,1-6H3/t49-/m0/s1. The molecule has 0 aromatic rings. The first kappa shape index (κ1) is 56.4. The van der Waals surface area contributed by atoms with Crippen LogP contribution in [0.2, 0.25) is 0 Å². The number of unbranched alkanes of at least 4 members (excludes halogenated alkanes) is 28. The van der Waals surface area contributed by atoms with Crippen LogP contribution >= 0.6 is 0 Å². The summed E-state index contributed by atoms with van der Waals surface area (Å²) in [7, 11) is 0. The van der Waals surface area contributed by atoms with Crippen molar-refractivity contribution >= 4 is 17.9 Å². The highest BCUT2D eigenvalue weighted by Gasteiger charge is 2.19. The van der Waals surface area contributed by atoms with Crippen molar-refractivity contribution in [2.75, 3.05) is 13.2 Å². The van der Waals surface area contributed by atoms with Crippen LogP contribution in [0.25, 0.3) is 0 Å². The van der Waals surface area contributed by atoms with E-state index in [9.17, 15) is 14.4 Å². The van der Waals surface area contributed by atoms with Gasteiger partial charge >= 0.3 is 17.9 Å². The molecule has 0 amide bonds. The molecule has 6 nitrogen and oxygen atoms in total. The highest BCUT2D eigenvalue weighted by Crippen LogP contribution is 2.17. The summed E-state index contributed by atoms with van der Waals surface area (Å²) in [6.07, 6.45) is 42.4. The molecular formula is C52H100O6. The minimum atomic E-state index is -0.763. The first-order valence-electron chi connectivity index (χ1n) is 25.6. The quantitative estimate of drug-likeness (QED) is 0.0346. The van der Waals surface area contributed by atoms with Gasteiger partial charge in [-0.3, -0.25) is 14.4 Å².